The van der Waals surface area contributed by atoms with Gasteiger partial charge in [0.2, 0.25) is 0 Å². The molecule has 152 valence electrons. The van der Waals surface area contributed by atoms with Crippen molar-refractivity contribution in [1.82, 2.24) is 10.2 Å². The van der Waals surface area contributed by atoms with Gasteiger partial charge in [-0.1, -0.05) is 6.07 Å². The Morgan fingerprint density at radius 2 is 1.93 bits per heavy atom. The first-order valence-corrected chi connectivity index (χ1v) is 10.6. The molecule has 3 heterocycles. The van der Waals surface area contributed by atoms with Crippen LogP contribution >= 0.6 is 11.3 Å². The molecule has 1 aromatic carbocycles. The van der Waals surface area contributed by atoms with Crippen LogP contribution in [0.25, 0.3) is 0 Å². The van der Waals surface area contributed by atoms with Gasteiger partial charge in [-0.3, -0.25) is 9.69 Å². The fourth-order valence-corrected chi connectivity index (χ4v) is 4.30. The van der Waals surface area contributed by atoms with Gasteiger partial charge in [-0.15, -0.1) is 11.3 Å². The number of carbonyl (C=O) groups is 1. The molecular formula is C22H25N3O3S. The van der Waals surface area contributed by atoms with Crippen molar-refractivity contribution >= 4 is 22.9 Å². The third-order valence-electron chi connectivity index (χ3n) is 5.27. The number of ether oxygens (including phenoxy) is 1. The number of hydrogen-bond donors (Lipinski definition) is 1. The Morgan fingerprint density at radius 1 is 1.14 bits per heavy atom. The third-order valence-corrected chi connectivity index (χ3v) is 6.13. The van der Waals surface area contributed by atoms with Crippen LogP contribution in [0, 0.1) is 0 Å². The van der Waals surface area contributed by atoms with Crippen molar-refractivity contribution in [1.29, 1.82) is 0 Å². The van der Waals surface area contributed by atoms with E-state index in [1.54, 1.807) is 13.4 Å². The van der Waals surface area contributed by atoms with Crippen molar-refractivity contribution in [3.63, 3.8) is 0 Å². The van der Waals surface area contributed by atoms with Crippen LogP contribution in [0.1, 0.15) is 21.5 Å². The normalized spacial score (nSPS) is 15.8. The van der Waals surface area contributed by atoms with Crippen LogP contribution in [0.15, 0.2) is 64.6 Å². The zero-order valence-electron chi connectivity index (χ0n) is 16.4. The lowest BCUT2D eigenvalue weighted by Gasteiger charge is -2.39. The summed E-state index contributed by atoms with van der Waals surface area (Å²) in [7, 11) is 1.68. The topological polar surface area (TPSA) is 58.0 Å². The fraction of sp³-hybridized carbons (Fsp3) is 0.318. The number of furan rings is 1. The molecule has 1 atom stereocenters. The molecule has 1 aliphatic rings. The van der Waals surface area contributed by atoms with E-state index in [9.17, 15) is 4.79 Å². The molecule has 0 aliphatic carbocycles. The van der Waals surface area contributed by atoms with E-state index < -0.39 is 0 Å². The summed E-state index contributed by atoms with van der Waals surface area (Å²) < 4.78 is 10.9. The Morgan fingerprint density at radius 3 is 2.55 bits per heavy atom. The lowest BCUT2D eigenvalue weighted by atomic mass is 10.1. The Balaban J connectivity index is 1.39. The molecule has 1 N–H and O–H groups in total. The van der Waals surface area contributed by atoms with Crippen LogP contribution < -0.4 is 15.0 Å². The number of methoxy groups -OCH3 is 1. The number of nitrogens with one attached hydrogen (secondary N) is 1. The van der Waals surface area contributed by atoms with Crippen molar-refractivity contribution < 1.29 is 13.9 Å². The zero-order valence-corrected chi connectivity index (χ0v) is 17.2. The number of nitrogens with zero attached hydrogens (tertiary/aromatic N) is 2. The summed E-state index contributed by atoms with van der Waals surface area (Å²) >= 11 is 1.45. The maximum absolute atomic E-state index is 12.4. The SMILES string of the molecule is COc1ccc(N2CCN([C@H](CNC(=O)c3cccs3)c3ccco3)CC2)cc1. The highest BCUT2D eigenvalue weighted by molar-refractivity contribution is 7.12. The van der Waals surface area contributed by atoms with Crippen LogP contribution in [0.4, 0.5) is 5.69 Å². The smallest absolute Gasteiger partial charge is 0.261 e. The number of hydrogen-bond acceptors (Lipinski definition) is 6. The molecule has 7 heteroatoms. The van der Waals surface area contributed by atoms with Gasteiger partial charge in [0.25, 0.3) is 5.91 Å². The number of piperazine rings is 1. The van der Waals surface area contributed by atoms with Crippen LogP contribution in [-0.4, -0.2) is 50.6 Å². The quantitative estimate of drug-likeness (QED) is 0.643. The third kappa shape index (κ3) is 4.63. The van der Waals surface area contributed by atoms with E-state index in [4.69, 9.17) is 9.15 Å². The first kappa shape index (κ1) is 19.5. The first-order chi connectivity index (χ1) is 14.2. The average molecular weight is 412 g/mol. The number of amides is 1. The van der Waals surface area contributed by atoms with Gasteiger partial charge in [-0.05, 0) is 47.8 Å². The lowest BCUT2D eigenvalue weighted by Crippen LogP contribution is -2.49. The second-order valence-corrected chi connectivity index (χ2v) is 7.89. The molecule has 1 aliphatic heterocycles. The highest BCUT2D eigenvalue weighted by Crippen LogP contribution is 2.25. The number of thiophene rings is 1. The summed E-state index contributed by atoms with van der Waals surface area (Å²) in [6, 6.07) is 15.8. The van der Waals surface area contributed by atoms with Crippen LogP contribution in [0.2, 0.25) is 0 Å². The molecule has 0 bridgehead atoms. The standard InChI is InChI=1S/C22H25N3O3S/c1-27-18-8-6-17(7-9-18)24-10-12-25(13-11-24)19(20-4-2-14-28-20)16-23-22(26)21-5-3-15-29-21/h2-9,14-15,19H,10-13,16H2,1H3,(H,23,26)/t19-/m1/s1. The summed E-state index contributed by atoms with van der Waals surface area (Å²) in [5.74, 6) is 1.72. The monoisotopic (exact) mass is 411 g/mol. The minimum Gasteiger partial charge on any atom is -0.497 e. The molecule has 2 aromatic heterocycles. The van der Waals surface area contributed by atoms with Gasteiger partial charge in [-0.25, -0.2) is 0 Å². The first-order valence-electron chi connectivity index (χ1n) is 9.73. The molecule has 0 radical (unpaired) electrons. The highest BCUT2D eigenvalue weighted by atomic mass is 32.1. The second-order valence-electron chi connectivity index (χ2n) is 6.94. The average Bonchev–Trinajstić information content (AvgIpc) is 3.49. The summed E-state index contributed by atoms with van der Waals surface area (Å²) in [5.41, 5.74) is 1.20. The van der Waals surface area contributed by atoms with Crippen molar-refractivity contribution in [2.45, 2.75) is 6.04 Å². The molecule has 0 unspecified atom stereocenters. The van der Waals surface area contributed by atoms with Gasteiger partial charge in [0.05, 0.1) is 24.3 Å². The lowest BCUT2D eigenvalue weighted by molar-refractivity contribution is 0.0927. The van der Waals surface area contributed by atoms with E-state index in [0.29, 0.717) is 6.54 Å². The van der Waals surface area contributed by atoms with E-state index in [2.05, 4.69) is 27.2 Å². The maximum Gasteiger partial charge on any atom is 0.261 e. The molecule has 3 aromatic rings. The van der Waals surface area contributed by atoms with Crippen molar-refractivity contribution in [2.75, 3.05) is 44.7 Å². The Bertz CT molecular complexity index is 886. The van der Waals surface area contributed by atoms with Gasteiger partial charge in [0, 0.05) is 38.4 Å². The predicted octanol–water partition coefficient (Wildman–Crippen LogP) is 3.64. The summed E-state index contributed by atoms with van der Waals surface area (Å²) in [6.45, 7) is 4.15. The zero-order chi connectivity index (χ0) is 20.1. The van der Waals surface area contributed by atoms with Crippen LogP contribution in [0.5, 0.6) is 5.75 Å². The Labute approximate surface area is 174 Å². The Kier molecular flexibility index (Phi) is 6.17. The summed E-state index contributed by atoms with van der Waals surface area (Å²) in [6.07, 6.45) is 1.69. The van der Waals surface area contributed by atoms with Crippen molar-refractivity contribution in [3.8, 4) is 5.75 Å². The van der Waals surface area contributed by atoms with Gasteiger partial charge in [-0.2, -0.15) is 0 Å². The van der Waals surface area contributed by atoms with E-state index in [0.717, 1.165) is 42.6 Å². The van der Waals surface area contributed by atoms with Crippen molar-refractivity contribution in [3.05, 3.63) is 70.8 Å². The molecule has 6 nitrogen and oxygen atoms in total. The number of carbonyl (C=O) groups excluding carboxylic acids is 1. The van der Waals surface area contributed by atoms with Gasteiger partial charge in [0.1, 0.15) is 11.5 Å². The summed E-state index contributed by atoms with van der Waals surface area (Å²) in [4.78, 5) is 17.9. The molecule has 0 saturated carbocycles. The molecule has 29 heavy (non-hydrogen) atoms. The molecular weight excluding hydrogens is 386 g/mol. The van der Waals surface area contributed by atoms with Crippen LogP contribution in [0.3, 0.4) is 0 Å². The second kappa shape index (κ2) is 9.15. The largest absolute Gasteiger partial charge is 0.497 e. The number of benzene rings is 1. The van der Waals surface area contributed by atoms with E-state index in [-0.39, 0.29) is 11.9 Å². The highest BCUT2D eigenvalue weighted by Gasteiger charge is 2.27. The number of anilines is 1. The molecule has 4 rings (SSSR count). The number of rotatable bonds is 7. The maximum atomic E-state index is 12.4. The molecule has 1 fully saturated rings. The minimum atomic E-state index is -0.0339. The van der Waals surface area contributed by atoms with E-state index in [1.807, 2.05) is 41.8 Å². The minimum absolute atomic E-state index is 0.0203. The predicted molar refractivity (Wildman–Crippen MR) is 115 cm³/mol. The van der Waals surface area contributed by atoms with Gasteiger partial charge >= 0.3 is 0 Å². The Hall–Kier alpha value is -2.77. The van der Waals surface area contributed by atoms with E-state index in [1.165, 1.54) is 17.0 Å². The van der Waals surface area contributed by atoms with Gasteiger partial charge in [0.15, 0.2) is 0 Å². The molecule has 1 amide bonds. The van der Waals surface area contributed by atoms with E-state index >= 15 is 0 Å². The molecule has 0 spiro atoms. The van der Waals surface area contributed by atoms with Crippen LogP contribution in [-0.2, 0) is 0 Å². The van der Waals surface area contributed by atoms with Crippen molar-refractivity contribution in [2.24, 2.45) is 0 Å². The van der Waals surface area contributed by atoms with Gasteiger partial charge < -0.3 is 19.4 Å². The summed E-state index contributed by atoms with van der Waals surface area (Å²) in [5, 5.41) is 4.98. The molecule has 1 saturated heterocycles. The fourth-order valence-electron chi connectivity index (χ4n) is 3.66.